The molecule has 1 atom stereocenters. The zero-order valence-electron chi connectivity index (χ0n) is 9.72. The van der Waals surface area contributed by atoms with E-state index in [1.807, 2.05) is 6.20 Å². The quantitative estimate of drug-likeness (QED) is 0.868. The van der Waals surface area contributed by atoms with Crippen LogP contribution < -0.4 is 0 Å². The first-order valence-corrected chi connectivity index (χ1v) is 6.31. The van der Waals surface area contributed by atoms with Crippen molar-refractivity contribution in [3.63, 3.8) is 0 Å². The van der Waals surface area contributed by atoms with Gasteiger partial charge in [0.05, 0.1) is 12.1 Å². The van der Waals surface area contributed by atoms with E-state index in [0.717, 1.165) is 36.3 Å². The summed E-state index contributed by atoms with van der Waals surface area (Å²) in [4.78, 5) is 19.9. The van der Waals surface area contributed by atoms with Gasteiger partial charge < -0.3 is 5.11 Å². The molecule has 0 saturated heterocycles. The summed E-state index contributed by atoms with van der Waals surface area (Å²) in [7, 11) is 0. The summed E-state index contributed by atoms with van der Waals surface area (Å²) in [6.45, 7) is 0. The fourth-order valence-electron chi connectivity index (χ4n) is 2.60. The molecule has 0 radical (unpaired) electrons. The molecule has 4 heteroatoms. The highest BCUT2D eigenvalue weighted by atomic mass is 16.4. The zero-order chi connectivity index (χ0) is 11.8. The van der Waals surface area contributed by atoms with Gasteiger partial charge in [-0.05, 0) is 37.7 Å². The van der Waals surface area contributed by atoms with Crippen molar-refractivity contribution in [2.75, 3.05) is 0 Å². The predicted molar refractivity (Wildman–Crippen MR) is 61.9 cm³/mol. The van der Waals surface area contributed by atoms with E-state index >= 15 is 0 Å². The molecule has 0 aliphatic heterocycles. The molecule has 3 rings (SSSR count). The maximum absolute atomic E-state index is 10.9. The number of aliphatic carboxylic acids is 1. The Hall–Kier alpha value is -1.45. The normalized spacial score (nSPS) is 23.2. The lowest BCUT2D eigenvalue weighted by atomic mass is 9.85. The molecular formula is C13H16N2O2. The first-order chi connectivity index (χ1) is 8.24. The Bertz CT molecular complexity index is 455. The largest absolute Gasteiger partial charge is 0.481 e. The molecular weight excluding hydrogens is 216 g/mol. The van der Waals surface area contributed by atoms with Crippen molar-refractivity contribution < 1.29 is 9.90 Å². The van der Waals surface area contributed by atoms with Crippen molar-refractivity contribution in [1.29, 1.82) is 0 Å². The van der Waals surface area contributed by atoms with E-state index in [1.54, 1.807) is 0 Å². The fraction of sp³-hybridized carbons (Fsp3) is 0.615. The van der Waals surface area contributed by atoms with Crippen molar-refractivity contribution in [1.82, 2.24) is 9.97 Å². The van der Waals surface area contributed by atoms with Crippen LogP contribution in [0.25, 0.3) is 0 Å². The van der Waals surface area contributed by atoms with Gasteiger partial charge in [0.1, 0.15) is 5.82 Å². The summed E-state index contributed by atoms with van der Waals surface area (Å²) in [5.41, 5.74) is 2.17. The molecule has 2 aliphatic rings. The molecule has 1 heterocycles. The van der Waals surface area contributed by atoms with Gasteiger partial charge in [-0.3, -0.25) is 4.79 Å². The van der Waals surface area contributed by atoms with Crippen LogP contribution in [0.5, 0.6) is 0 Å². The van der Waals surface area contributed by atoms with Crippen LogP contribution in [0.15, 0.2) is 6.20 Å². The van der Waals surface area contributed by atoms with Gasteiger partial charge >= 0.3 is 5.97 Å². The first kappa shape index (κ1) is 10.7. The van der Waals surface area contributed by atoms with Gasteiger partial charge in [0.15, 0.2) is 0 Å². The van der Waals surface area contributed by atoms with E-state index in [-0.39, 0.29) is 12.3 Å². The van der Waals surface area contributed by atoms with Crippen LogP contribution in [0, 0.1) is 0 Å². The monoisotopic (exact) mass is 232 g/mol. The lowest BCUT2D eigenvalue weighted by Gasteiger charge is -2.23. The molecule has 0 amide bonds. The van der Waals surface area contributed by atoms with Gasteiger partial charge in [-0.1, -0.05) is 0 Å². The molecule has 4 nitrogen and oxygen atoms in total. The molecule has 0 aromatic carbocycles. The van der Waals surface area contributed by atoms with Crippen molar-refractivity contribution >= 4 is 5.97 Å². The second kappa shape index (κ2) is 4.09. The van der Waals surface area contributed by atoms with Crippen LogP contribution >= 0.6 is 0 Å². The number of carboxylic acid groups (broad SMARTS) is 1. The average Bonchev–Trinajstić information content (AvgIpc) is 3.12. The number of aromatic nitrogens is 2. The highest BCUT2D eigenvalue weighted by Crippen LogP contribution is 2.40. The lowest BCUT2D eigenvalue weighted by molar-refractivity contribution is -0.137. The molecule has 2 aliphatic carbocycles. The molecule has 1 fully saturated rings. The Kier molecular flexibility index (Phi) is 2.57. The number of nitrogens with zero attached hydrogens (tertiary/aromatic N) is 2. The van der Waals surface area contributed by atoms with Crippen LogP contribution in [0.3, 0.4) is 0 Å². The number of fused-ring (bicyclic) bond motifs is 1. The number of rotatable bonds is 3. The fourth-order valence-corrected chi connectivity index (χ4v) is 2.60. The second-order valence-electron chi connectivity index (χ2n) is 5.10. The Morgan fingerprint density at radius 2 is 2.24 bits per heavy atom. The minimum absolute atomic E-state index is 0.0942. The number of aryl methyl sites for hydroxylation is 1. The van der Waals surface area contributed by atoms with E-state index in [4.69, 9.17) is 5.11 Å². The highest BCUT2D eigenvalue weighted by Gasteiger charge is 2.30. The summed E-state index contributed by atoms with van der Waals surface area (Å²) in [5, 5.41) is 8.94. The molecule has 1 unspecified atom stereocenters. The molecule has 90 valence electrons. The highest BCUT2D eigenvalue weighted by molar-refractivity contribution is 5.68. The van der Waals surface area contributed by atoms with Gasteiger partial charge in [-0.15, -0.1) is 0 Å². The Balaban J connectivity index is 1.92. The van der Waals surface area contributed by atoms with E-state index < -0.39 is 5.97 Å². The van der Waals surface area contributed by atoms with E-state index in [1.165, 1.54) is 12.8 Å². The van der Waals surface area contributed by atoms with Gasteiger partial charge in [0.25, 0.3) is 0 Å². The number of hydrogen-bond acceptors (Lipinski definition) is 3. The number of carbonyl (C=O) groups is 1. The van der Waals surface area contributed by atoms with E-state index in [9.17, 15) is 4.79 Å². The number of carboxylic acids is 1. The minimum Gasteiger partial charge on any atom is -0.481 e. The van der Waals surface area contributed by atoms with Crippen LogP contribution in [0.4, 0.5) is 0 Å². The van der Waals surface area contributed by atoms with Crippen molar-refractivity contribution in [3.8, 4) is 0 Å². The Labute approximate surface area is 100 Å². The third-order valence-electron chi connectivity index (χ3n) is 3.67. The van der Waals surface area contributed by atoms with Gasteiger partial charge in [0.2, 0.25) is 0 Å². The van der Waals surface area contributed by atoms with Crippen molar-refractivity contribution in [3.05, 3.63) is 23.3 Å². The van der Waals surface area contributed by atoms with Gasteiger partial charge in [-0.2, -0.15) is 0 Å². The van der Waals surface area contributed by atoms with Crippen LogP contribution in [0.1, 0.15) is 61.0 Å². The smallest absolute Gasteiger partial charge is 0.304 e. The predicted octanol–water partition coefficient (Wildman–Crippen LogP) is 2.25. The maximum atomic E-state index is 10.9. The molecule has 17 heavy (non-hydrogen) atoms. The minimum atomic E-state index is -0.727. The second-order valence-corrected chi connectivity index (χ2v) is 5.10. The molecule has 1 N–H and O–H groups in total. The van der Waals surface area contributed by atoms with E-state index in [2.05, 4.69) is 9.97 Å². The van der Waals surface area contributed by atoms with Crippen LogP contribution in [-0.2, 0) is 11.2 Å². The standard InChI is InChI=1S/C13H16N2O2/c16-11(17)6-9-2-1-3-10-7-14-13(8-4-5-8)15-12(9)10/h7-9H,1-6H2,(H,16,17). The molecule has 1 aromatic heterocycles. The maximum Gasteiger partial charge on any atom is 0.304 e. The third kappa shape index (κ3) is 2.16. The average molecular weight is 232 g/mol. The molecule has 1 aromatic rings. The summed E-state index contributed by atoms with van der Waals surface area (Å²) in [6, 6.07) is 0. The van der Waals surface area contributed by atoms with Crippen LogP contribution in [0.2, 0.25) is 0 Å². The summed E-state index contributed by atoms with van der Waals surface area (Å²) in [5.74, 6) is 0.833. The number of hydrogen-bond donors (Lipinski definition) is 1. The SMILES string of the molecule is O=C(O)CC1CCCc2cnc(C3CC3)nc21. The lowest BCUT2D eigenvalue weighted by Crippen LogP contribution is -2.17. The third-order valence-corrected chi connectivity index (χ3v) is 3.67. The van der Waals surface area contributed by atoms with E-state index in [0.29, 0.717) is 5.92 Å². The van der Waals surface area contributed by atoms with Gasteiger partial charge in [0, 0.05) is 18.0 Å². The van der Waals surface area contributed by atoms with Crippen molar-refractivity contribution in [2.45, 2.75) is 50.4 Å². The van der Waals surface area contributed by atoms with Crippen LogP contribution in [-0.4, -0.2) is 21.0 Å². The summed E-state index contributed by atoms with van der Waals surface area (Å²) in [6.07, 6.45) is 7.48. The Morgan fingerprint density at radius 3 is 2.94 bits per heavy atom. The Morgan fingerprint density at radius 1 is 1.41 bits per heavy atom. The first-order valence-electron chi connectivity index (χ1n) is 6.31. The molecule has 1 saturated carbocycles. The summed E-state index contributed by atoms with van der Waals surface area (Å²) < 4.78 is 0. The van der Waals surface area contributed by atoms with Crippen molar-refractivity contribution in [2.24, 2.45) is 0 Å². The topological polar surface area (TPSA) is 63.1 Å². The molecule has 0 bridgehead atoms. The zero-order valence-corrected chi connectivity index (χ0v) is 9.72. The molecule has 0 spiro atoms. The summed E-state index contributed by atoms with van der Waals surface area (Å²) >= 11 is 0. The van der Waals surface area contributed by atoms with Gasteiger partial charge in [-0.25, -0.2) is 9.97 Å².